The Hall–Kier alpha value is -2.15. The monoisotopic (exact) mass is 381 g/mol. The average Bonchev–Trinajstić information content (AvgIpc) is 2.53. The zero-order chi connectivity index (χ0) is 17.5. The molecular weight excluding hydrogens is 369 g/mol. The van der Waals surface area contributed by atoms with E-state index >= 15 is 0 Å². The molecule has 0 spiro atoms. The number of hydrazine groups is 1. The molecular formula is C16H13Cl2N3O2S. The van der Waals surface area contributed by atoms with Crippen LogP contribution in [0.4, 0.5) is 0 Å². The van der Waals surface area contributed by atoms with Crippen molar-refractivity contribution in [1.82, 2.24) is 16.2 Å². The molecule has 0 saturated heterocycles. The van der Waals surface area contributed by atoms with E-state index in [0.29, 0.717) is 5.02 Å². The molecule has 0 unspecified atom stereocenters. The maximum Gasteiger partial charge on any atom is 0.271 e. The van der Waals surface area contributed by atoms with Gasteiger partial charge in [0.05, 0.1) is 17.0 Å². The lowest BCUT2D eigenvalue weighted by Gasteiger charge is -2.11. The van der Waals surface area contributed by atoms with Gasteiger partial charge in [0.25, 0.3) is 5.91 Å². The first-order valence-electron chi connectivity index (χ1n) is 6.85. The van der Waals surface area contributed by atoms with Gasteiger partial charge in [0, 0.05) is 5.02 Å². The topological polar surface area (TPSA) is 70.2 Å². The van der Waals surface area contributed by atoms with Gasteiger partial charge in [-0.1, -0.05) is 53.5 Å². The zero-order valence-electron chi connectivity index (χ0n) is 12.3. The second-order valence-electron chi connectivity index (χ2n) is 4.74. The largest absolute Gasteiger partial charge is 0.302 e. The number of benzene rings is 2. The van der Waals surface area contributed by atoms with Gasteiger partial charge in [0.1, 0.15) is 0 Å². The Labute approximate surface area is 154 Å². The number of hydrogen-bond donors (Lipinski definition) is 3. The van der Waals surface area contributed by atoms with Gasteiger partial charge in [0.2, 0.25) is 5.91 Å². The van der Waals surface area contributed by atoms with Crippen molar-refractivity contribution in [2.75, 3.05) is 0 Å². The molecule has 8 heteroatoms. The minimum Gasteiger partial charge on any atom is -0.302 e. The first-order chi connectivity index (χ1) is 11.5. The van der Waals surface area contributed by atoms with Crippen molar-refractivity contribution in [2.24, 2.45) is 0 Å². The molecule has 0 heterocycles. The second kappa shape index (κ2) is 8.63. The average molecular weight is 382 g/mol. The van der Waals surface area contributed by atoms with Crippen LogP contribution in [0.5, 0.6) is 0 Å². The highest BCUT2D eigenvalue weighted by Gasteiger charge is 2.11. The number of amides is 2. The maximum absolute atomic E-state index is 12.0. The van der Waals surface area contributed by atoms with Crippen LogP contribution in [0, 0.1) is 0 Å². The van der Waals surface area contributed by atoms with Crippen LogP contribution in [-0.4, -0.2) is 16.9 Å². The lowest BCUT2D eigenvalue weighted by Crippen LogP contribution is -2.48. The fraction of sp³-hybridized carbons (Fsp3) is 0.0625. The summed E-state index contributed by atoms with van der Waals surface area (Å²) in [5.74, 6) is -0.797. The number of rotatable bonds is 3. The molecule has 0 aromatic heterocycles. The van der Waals surface area contributed by atoms with Crippen molar-refractivity contribution in [3.8, 4) is 0 Å². The minimum absolute atomic E-state index is 0.0191. The molecule has 2 rings (SSSR count). The quantitative estimate of drug-likeness (QED) is 0.564. The summed E-state index contributed by atoms with van der Waals surface area (Å²) in [6, 6.07) is 13.7. The van der Waals surface area contributed by atoms with Crippen molar-refractivity contribution < 1.29 is 9.59 Å². The van der Waals surface area contributed by atoms with Crippen LogP contribution in [0.2, 0.25) is 10.0 Å². The highest BCUT2D eigenvalue weighted by atomic mass is 35.5. The zero-order valence-corrected chi connectivity index (χ0v) is 14.6. The van der Waals surface area contributed by atoms with Gasteiger partial charge in [-0.05, 0) is 36.0 Å². The van der Waals surface area contributed by atoms with Gasteiger partial charge in [-0.3, -0.25) is 20.4 Å². The maximum atomic E-state index is 12.0. The van der Waals surface area contributed by atoms with E-state index in [9.17, 15) is 9.59 Å². The molecule has 0 aliphatic rings. The molecule has 0 aliphatic heterocycles. The Balaban J connectivity index is 1.82. The molecule has 0 fully saturated rings. The number of hydrogen-bond acceptors (Lipinski definition) is 3. The summed E-state index contributed by atoms with van der Waals surface area (Å²) in [5.41, 5.74) is 5.89. The molecule has 0 radical (unpaired) electrons. The summed E-state index contributed by atoms with van der Waals surface area (Å²) < 4.78 is 0. The third-order valence-electron chi connectivity index (χ3n) is 2.93. The molecule has 124 valence electrons. The second-order valence-corrected chi connectivity index (χ2v) is 5.99. The van der Waals surface area contributed by atoms with Gasteiger partial charge in [-0.15, -0.1) is 0 Å². The highest BCUT2D eigenvalue weighted by Crippen LogP contribution is 2.20. The molecule has 3 N–H and O–H groups in total. The Kier molecular flexibility index (Phi) is 6.54. The Morgan fingerprint density at radius 3 is 2.38 bits per heavy atom. The first-order valence-corrected chi connectivity index (χ1v) is 8.01. The molecule has 0 bridgehead atoms. The fourth-order valence-corrected chi connectivity index (χ4v) is 2.50. The Morgan fingerprint density at radius 1 is 1.00 bits per heavy atom. The first kappa shape index (κ1) is 18.2. The SMILES string of the molecule is O=C(Cc1ccccc1)NC(=S)NNC(=O)c1ccc(Cl)cc1Cl. The van der Waals surface area contributed by atoms with Crippen LogP contribution in [0.3, 0.4) is 0 Å². The Morgan fingerprint density at radius 2 is 1.71 bits per heavy atom. The summed E-state index contributed by atoms with van der Waals surface area (Å²) in [6.45, 7) is 0. The van der Waals surface area contributed by atoms with E-state index < -0.39 is 5.91 Å². The van der Waals surface area contributed by atoms with E-state index in [0.717, 1.165) is 5.56 Å². The standard InChI is InChI=1S/C16H13Cl2N3O2S/c17-11-6-7-12(13(18)9-11)15(23)20-21-16(24)19-14(22)8-10-4-2-1-3-5-10/h1-7,9H,8H2,(H,20,23)(H2,19,21,22,24). The lowest BCUT2D eigenvalue weighted by atomic mass is 10.1. The molecule has 2 amide bonds. The molecule has 2 aromatic carbocycles. The normalized spacial score (nSPS) is 9.92. The fourth-order valence-electron chi connectivity index (χ4n) is 1.84. The third kappa shape index (κ3) is 5.49. The van der Waals surface area contributed by atoms with Crippen LogP contribution in [0.1, 0.15) is 15.9 Å². The number of nitrogens with one attached hydrogen (secondary N) is 3. The predicted octanol–water partition coefficient (Wildman–Crippen LogP) is 2.87. The highest BCUT2D eigenvalue weighted by molar-refractivity contribution is 7.80. The van der Waals surface area contributed by atoms with Crippen LogP contribution < -0.4 is 16.2 Å². The van der Waals surface area contributed by atoms with E-state index in [4.69, 9.17) is 35.4 Å². The van der Waals surface area contributed by atoms with Crippen LogP contribution in [0.15, 0.2) is 48.5 Å². The number of carbonyl (C=O) groups is 2. The van der Waals surface area contributed by atoms with E-state index in [1.807, 2.05) is 30.3 Å². The van der Waals surface area contributed by atoms with E-state index in [-0.39, 0.29) is 28.0 Å². The van der Waals surface area contributed by atoms with E-state index in [1.54, 1.807) is 6.07 Å². The third-order valence-corrected chi connectivity index (χ3v) is 3.68. The summed E-state index contributed by atoms with van der Waals surface area (Å²) in [7, 11) is 0. The number of halogens is 2. The molecule has 0 aliphatic carbocycles. The molecule has 0 saturated carbocycles. The summed E-state index contributed by atoms with van der Waals surface area (Å²) in [6.07, 6.45) is 0.180. The van der Waals surface area contributed by atoms with Crippen molar-refractivity contribution in [3.05, 3.63) is 69.7 Å². The van der Waals surface area contributed by atoms with Crippen LogP contribution in [-0.2, 0) is 11.2 Å². The van der Waals surface area contributed by atoms with Crippen LogP contribution >= 0.6 is 35.4 Å². The molecule has 0 atom stereocenters. The van der Waals surface area contributed by atoms with Gasteiger partial charge in [-0.25, -0.2) is 0 Å². The predicted molar refractivity (Wildman–Crippen MR) is 98.0 cm³/mol. The smallest absolute Gasteiger partial charge is 0.271 e. The molecule has 2 aromatic rings. The van der Waals surface area contributed by atoms with E-state index in [1.165, 1.54) is 12.1 Å². The van der Waals surface area contributed by atoms with Crippen molar-refractivity contribution >= 4 is 52.3 Å². The number of carbonyl (C=O) groups excluding carboxylic acids is 2. The van der Waals surface area contributed by atoms with E-state index in [2.05, 4.69) is 16.2 Å². The number of thiocarbonyl (C=S) groups is 1. The minimum atomic E-state index is -0.503. The van der Waals surface area contributed by atoms with Crippen molar-refractivity contribution in [1.29, 1.82) is 0 Å². The van der Waals surface area contributed by atoms with Gasteiger partial charge < -0.3 is 5.32 Å². The lowest BCUT2D eigenvalue weighted by molar-refractivity contribution is -0.119. The van der Waals surface area contributed by atoms with Crippen molar-refractivity contribution in [3.63, 3.8) is 0 Å². The van der Waals surface area contributed by atoms with Crippen molar-refractivity contribution in [2.45, 2.75) is 6.42 Å². The molecule has 5 nitrogen and oxygen atoms in total. The summed E-state index contributed by atoms with van der Waals surface area (Å²) in [4.78, 5) is 23.8. The summed E-state index contributed by atoms with van der Waals surface area (Å²) in [5, 5.41) is 3.09. The van der Waals surface area contributed by atoms with Crippen LogP contribution in [0.25, 0.3) is 0 Å². The summed E-state index contributed by atoms with van der Waals surface area (Å²) >= 11 is 16.7. The van der Waals surface area contributed by atoms with Gasteiger partial charge in [0.15, 0.2) is 5.11 Å². The van der Waals surface area contributed by atoms with Gasteiger partial charge >= 0.3 is 0 Å². The van der Waals surface area contributed by atoms with Gasteiger partial charge in [-0.2, -0.15) is 0 Å². The molecule has 24 heavy (non-hydrogen) atoms. The Bertz CT molecular complexity index is 769.